The van der Waals surface area contributed by atoms with Crippen LogP contribution in [0.5, 0.6) is 0 Å². The second-order valence-corrected chi connectivity index (χ2v) is 7.02. The molecule has 1 heterocycles. The van der Waals surface area contributed by atoms with Crippen LogP contribution in [0.15, 0.2) is 0 Å². The lowest BCUT2D eigenvalue weighted by Gasteiger charge is -2.36. The van der Waals surface area contributed by atoms with Gasteiger partial charge in [0.25, 0.3) is 0 Å². The average molecular weight is 332 g/mol. The molecule has 0 aromatic heterocycles. The normalized spacial score (nSPS) is 19.5. The van der Waals surface area contributed by atoms with E-state index in [4.69, 9.17) is 14.2 Å². The highest BCUT2D eigenvalue weighted by Gasteiger charge is 2.26. The summed E-state index contributed by atoms with van der Waals surface area (Å²) in [5.74, 6) is 0. The van der Waals surface area contributed by atoms with Crippen LogP contribution in [0.3, 0.4) is 0 Å². The Labute approximate surface area is 139 Å². The molecule has 1 aliphatic rings. The van der Waals surface area contributed by atoms with Crippen LogP contribution in [0.25, 0.3) is 0 Å². The van der Waals surface area contributed by atoms with Gasteiger partial charge in [0.05, 0.1) is 25.4 Å². The summed E-state index contributed by atoms with van der Waals surface area (Å²) in [4.78, 5) is 15.8. The number of β-amino-alcohol motifs (C(OH)–C–C–N with tert-alkyl or cyclic N) is 1. The molecule has 2 atom stereocenters. The van der Waals surface area contributed by atoms with Gasteiger partial charge in [0.2, 0.25) is 0 Å². The lowest BCUT2D eigenvalue weighted by Crippen LogP contribution is -2.51. The number of ether oxygens (including phenoxy) is 3. The number of hydrogen-bond donors (Lipinski definition) is 1. The van der Waals surface area contributed by atoms with E-state index < -0.39 is 11.7 Å². The number of aliphatic hydroxyl groups is 1. The predicted molar refractivity (Wildman–Crippen MR) is 87.5 cm³/mol. The quantitative estimate of drug-likeness (QED) is 0.748. The number of aliphatic hydroxyl groups excluding tert-OH is 1. The summed E-state index contributed by atoms with van der Waals surface area (Å²) in [6, 6.07) is 0. The average Bonchev–Trinajstić information content (AvgIpc) is 2.44. The maximum absolute atomic E-state index is 12.0. The Morgan fingerprint density at radius 2 is 1.78 bits per heavy atom. The van der Waals surface area contributed by atoms with Crippen LogP contribution < -0.4 is 0 Å². The summed E-state index contributed by atoms with van der Waals surface area (Å²) < 4.78 is 15.9. The van der Waals surface area contributed by atoms with E-state index in [0.717, 1.165) is 13.1 Å². The molecule has 0 aromatic rings. The Hall–Kier alpha value is -0.890. The molecule has 1 aliphatic heterocycles. The summed E-state index contributed by atoms with van der Waals surface area (Å²) in [7, 11) is 1.63. The molecular weight excluding hydrogens is 300 g/mol. The van der Waals surface area contributed by atoms with E-state index in [1.54, 1.807) is 12.0 Å². The zero-order valence-electron chi connectivity index (χ0n) is 15.1. The maximum atomic E-state index is 12.0. The van der Waals surface area contributed by atoms with Gasteiger partial charge in [0.15, 0.2) is 0 Å². The van der Waals surface area contributed by atoms with Crippen molar-refractivity contribution in [1.82, 2.24) is 9.80 Å². The van der Waals surface area contributed by atoms with Gasteiger partial charge in [-0.2, -0.15) is 0 Å². The number of methoxy groups -OCH3 is 1. The van der Waals surface area contributed by atoms with E-state index in [0.29, 0.717) is 26.2 Å². The van der Waals surface area contributed by atoms with Crippen molar-refractivity contribution in [2.24, 2.45) is 0 Å². The highest BCUT2D eigenvalue weighted by molar-refractivity contribution is 5.68. The van der Waals surface area contributed by atoms with Crippen molar-refractivity contribution >= 4 is 6.09 Å². The molecule has 0 aromatic carbocycles. The van der Waals surface area contributed by atoms with Crippen molar-refractivity contribution in [2.45, 2.75) is 45.5 Å². The summed E-state index contributed by atoms with van der Waals surface area (Å²) >= 11 is 0. The van der Waals surface area contributed by atoms with Crippen molar-refractivity contribution in [2.75, 3.05) is 53.0 Å². The molecule has 7 nitrogen and oxygen atoms in total. The number of carbonyl (C=O) groups excluding carboxylic acids is 1. The third-order valence-corrected chi connectivity index (χ3v) is 3.47. The Morgan fingerprint density at radius 1 is 1.17 bits per heavy atom. The van der Waals surface area contributed by atoms with Gasteiger partial charge < -0.3 is 24.2 Å². The van der Waals surface area contributed by atoms with E-state index in [1.807, 2.05) is 27.7 Å². The molecule has 0 saturated carbocycles. The third kappa shape index (κ3) is 8.50. The van der Waals surface area contributed by atoms with Gasteiger partial charge in [-0.05, 0) is 27.7 Å². The van der Waals surface area contributed by atoms with E-state index in [9.17, 15) is 9.90 Å². The van der Waals surface area contributed by atoms with Gasteiger partial charge in [-0.1, -0.05) is 0 Å². The number of nitrogens with zero attached hydrogens (tertiary/aromatic N) is 2. The molecule has 2 unspecified atom stereocenters. The first kappa shape index (κ1) is 20.2. The van der Waals surface area contributed by atoms with Gasteiger partial charge in [0, 0.05) is 39.8 Å². The standard InChI is InChI=1S/C16H32N2O5/c1-13(11-21-5)22-12-14(19)10-17-6-8-18(9-7-17)15(20)23-16(2,3)4/h13-14,19H,6-12H2,1-5H3. The summed E-state index contributed by atoms with van der Waals surface area (Å²) in [5.41, 5.74) is -0.472. The molecule has 1 saturated heterocycles. The van der Waals surface area contributed by atoms with Gasteiger partial charge in [-0.15, -0.1) is 0 Å². The molecule has 1 rings (SSSR count). The van der Waals surface area contributed by atoms with Gasteiger partial charge in [-0.3, -0.25) is 4.90 Å². The Bertz CT molecular complexity index is 351. The Balaban J connectivity index is 2.24. The van der Waals surface area contributed by atoms with E-state index in [-0.39, 0.29) is 18.8 Å². The highest BCUT2D eigenvalue weighted by Crippen LogP contribution is 2.12. The second kappa shape index (κ2) is 9.42. The fourth-order valence-corrected chi connectivity index (χ4v) is 2.35. The monoisotopic (exact) mass is 332 g/mol. The molecule has 23 heavy (non-hydrogen) atoms. The summed E-state index contributed by atoms with van der Waals surface area (Å²) in [6.07, 6.45) is -0.838. The predicted octanol–water partition coefficient (Wildman–Crippen LogP) is 0.952. The first-order valence-electron chi connectivity index (χ1n) is 8.20. The van der Waals surface area contributed by atoms with Crippen molar-refractivity contribution in [3.63, 3.8) is 0 Å². The molecule has 0 radical (unpaired) electrons. The topological polar surface area (TPSA) is 71.5 Å². The van der Waals surface area contributed by atoms with Crippen LogP contribution in [-0.4, -0.2) is 91.9 Å². The zero-order valence-corrected chi connectivity index (χ0v) is 15.1. The zero-order chi connectivity index (χ0) is 17.5. The molecular formula is C16H32N2O5. The van der Waals surface area contributed by atoms with Crippen molar-refractivity contribution in [1.29, 1.82) is 0 Å². The molecule has 1 fully saturated rings. The van der Waals surface area contributed by atoms with E-state index in [1.165, 1.54) is 0 Å². The van der Waals surface area contributed by atoms with E-state index in [2.05, 4.69) is 4.90 Å². The SMILES string of the molecule is COCC(C)OCC(O)CN1CCN(C(=O)OC(C)(C)C)CC1. The minimum Gasteiger partial charge on any atom is -0.444 e. The first-order valence-corrected chi connectivity index (χ1v) is 8.20. The second-order valence-electron chi connectivity index (χ2n) is 7.02. The van der Waals surface area contributed by atoms with E-state index >= 15 is 0 Å². The molecule has 1 amide bonds. The van der Waals surface area contributed by atoms with Crippen molar-refractivity contribution in [3.05, 3.63) is 0 Å². The van der Waals surface area contributed by atoms with Crippen LogP contribution in [0.4, 0.5) is 4.79 Å². The first-order chi connectivity index (χ1) is 10.7. The van der Waals surface area contributed by atoms with Gasteiger partial charge in [-0.25, -0.2) is 4.79 Å². The summed E-state index contributed by atoms with van der Waals surface area (Å²) in [5, 5.41) is 10.0. The largest absolute Gasteiger partial charge is 0.444 e. The number of amides is 1. The van der Waals surface area contributed by atoms with Crippen LogP contribution >= 0.6 is 0 Å². The van der Waals surface area contributed by atoms with Crippen molar-refractivity contribution in [3.8, 4) is 0 Å². The minimum atomic E-state index is -0.539. The lowest BCUT2D eigenvalue weighted by molar-refractivity contribution is -0.0434. The van der Waals surface area contributed by atoms with Gasteiger partial charge in [0.1, 0.15) is 5.60 Å². The number of hydrogen-bond acceptors (Lipinski definition) is 6. The number of rotatable bonds is 7. The smallest absolute Gasteiger partial charge is 0.410 e. The minimum absolute atomic E-state index is 0.0290. The Kier molecular flexibility index (Phi) is 8.25. The molecule has 0 aliphatic carbocycles. The molecule has 7 heteroatoms. The highest BCUT2D eigenvalue weighted by atomic mass is 16.6. The van der Waals surface area contributed by atoms with Crippen LogP contribution in [-0.2, 0) is 14.2 Å². The fraction of sp³-hybridized carbons (Fsp3) is 0.938. The summed E-state index contributed by atoms with van der Waals surface area (Å²) in [6.45, 7) is 11.5. The molecule has 1 N–H and O–H groups in total. The lowest BCUT2D eigenvalue weighted by atomic mass is 10.2. The van der Waals surface area contributed by atoms with Crippen LogP contribution in [0.2, 0.25) is 0 Å². The number of piperazine rings is 1. The Morgan fingerprint density at radius 3 is 2.30 bits per heavy atom. The van der Waals surface area contributed by atoms with Crippen LogP contribution in [0, 0.1) is 0 Å². The van der Waals surface area contributed by atoms with Crippen LogP contribution in [0.1, 0.15) is 27.7 Å². The van der Waals surface area contributed by atoms with Gasteiger partial charge >= 0.3 is 6.09 Å². The number of carbonyl (C=O) groups is 1. The molecule has 0 spiro atoms. The van der Waals surface area contributed by atoms with Crippen molar-refractivity contribution < 1.29 is 24.1 Å². The molecule has 0 bridgehead atoms. The maximum Gasteiger partial charge on any atom is 0.410 e. The third-order valence-electron chi connectivity index (χ3n) is 3.47. The fourth-order valence-electron chi connectivity index (χ4n) is 2.35. The molecule has 136 valence electrons.